The van der Waals surface area contributed by atoms with Crippen LogP contribution in [0.5, 0.6) is 0 Å². The van der Waals surface area contributed by atoms with E-state index in [0.29, 0.717) is 18.2 Å². The van der Waals surface area contributed by atoms with Crippen LogP contribution >= 0.6 is 24.0 Å². The van der Waals surface area contributed by atoms with Gasteiger partial charge in [-0.05, 0) is 44.9 Å². The van der Waals surface area contributed by atoms with Gasteiger partial charge >= 0.3 is 0 Å². The summed E-state index contributed by atoms with van der Waals surface area (Å²) < 4.78 is 25.0. The summed E-state index contributed by atoms with van der Waals surface area (Å²) >= 11 is 0. The van der Waals surface area contributed by atoms with E-state index in [4.69, 9.17) is 9.15 Å². The fourth-order valence-electron chi connectivity index (χ4n) is 3.37. The summed E-state index contributed by atoms with van der Waals surface area (Å²) in [4.78, 5) is 6.63. The average Bonchev–Trinajstić information content (AvgIpc) is 2.93. The van der Waals surface area contributed by atoms with E-state index in [2.05, 4.69) is 15.2 Å². The lowest BCUT2D eigenvalue weighted by atomic mass is 10.1. The van der Waals surface area contributed by atoms with E-state index in [9.17, 15) is 4.39 Å². The smallest absolute Gasteiger partial charge is 0.194 e. The number of nitrogens with zero attached hydrogens (tertiary/aromatic N) is 2. The molecule has 1 N–H and O–H groups in total. The molecule has 5 nitrogen and oxygen atoms in total. The van der Waals surface area contributed by atoms with E-state index in [1.807, 2.05) is 13.8 Å². The molecule has 3 rings (SSSR count). The molecule has 1 fully saturated rings. The number of likely N-dealkylation sites (tertiary alicyclic amines) is 1. The van der Waals surface area contributed by atoms with Crippen molar-refractivity contribution in [2.45, 2.75) is 39.3 Å². The molecule has 7 heteroatoms. The molecule has 0 spiro atoms. The Labute approximate surface area is 171 Å². The Morgan fingerprint density at radius 3 is 2.77 bits per heavy atom. The van der Waals surface area contributed by atoms with E-state index in [1.54, 1.807) is 13.1 Å². The molecule has 1 aromatic carbocycles. The molecule has 26 heavy (non-hydrogen) atoms. The van der Waals surface area contributed by atoms with Crippen molar-refractivity contribution < 1.29 is 13.5 Å². The van der Waals surface area contributed by atoms with Crippen molar-refractivity contribution in [3.8, 4) is 0 Å². The zero-order valence-corrected chi connectivity index (χ0v) is 17.9. The van der Waals surface area contributed by atoms with Gasteiger partial charge in [0.25, 0.3) is 0 Å². The molecular weight excluding hydrogens is 448 g/mol. The van der Waals surface area contributed by atoms with Crippen molar-refractivity contribution in [1.29, 1.82) is 0 Å². The van der Waals surface area contributed by atoms with Gasteiger partial charge in [0.1, 0.15) is 17.2 Å². The molecule has 1 aromatic heterocycles. The number of nitrogens with one attached hydrogen (secondary N) is 1. The Bertz CT molecular complexity index is 755. The first kappa shape index (κ1) is 21.0. The predicted octanol–water partition coefficient (Wildman–Crippen LogP) is 4.07. The van der Waals surface area contributed by atoms with Gasteiger partial charge in [-0.3, -0.25) is 4.99 Å². The van der Waals surface area contributed by atoms with Crippen molar-refractivity contribution in [1.82, 2.24) is 10.2 Å². The Hall–Kier alpha value is -1.35. The summed E-state index contributed by atoms with van der Waals surface area (Å²) in [5, 5.41) is 4.19. The number of guanidine groups is 1. The van der Waals surface area contributed by atoms with E-state index >= 15 is 0 Å². The number of benzene rings is 1. The molecule has 0 radical (unpaired) electrons. The second-order valence-electron chi connectivity index (χ2n) is 6.33. The summed E-state index contributed by atoms with van der Waals surface area (Å²) in [5.41, 5.74) is 1.68. The number of hydrogen-bond acceptors (Lipinski definition) is 3. The van der Waals surface area contributed by atoms with Crippen LogP contribution in [0.4, 0.5) is 4.39 Å². The van der Waals surface area contributed by atoms with E-state index in [-0.39, 0.29) is 29.8 Å². The number of halogens is 2. The lowest BCUT2D eigenvalue weighted by molar-refractivity contribution is 0.0263. The van der Waals surface area contributed by atoms with Crippen LogP contribution in [0.3, 0.4) is 0 Å². The van der Waals surface area contributed by atoms with Gasteiger partial charge in [-0.25, -0.2) is 4.39 Å². The normalized spacial score (nSPS) is 16.0. The highest BCUT2D eigenvalue weighted by atomic mass is 127. The first-order valence-corrected chi connectivity index (χ1v) is 8.87. The van der Waals surface area contributed by atoms with Crippen LogP contribution < -0.4 is 5.32 Å². The fraction of sp³-hybridized carbons (Fsp3) is 0.526. The molecule has 0 atom stereocenters. The molecule has 0 amide bonds. The number of furan rings is 1. The fourth-order valence-corrected chi connectivity index (χ4v) is 3.37. The third-order valence-electron chi connectivity index (χ3n) is 4.76. The lowest BCUT2D eigenvalue weighted by Gasteiger charge is -2.33. The summed E-state index contributed by atoms with van der Waals surface area (Å²) in [7, 11) is 1.79. The van der Waals surface area contributed by atoms with Gasteiger partial charge in [-0.1, -0.05) is 0 Å². The molecular formula is C19H27FIN3O2. The zero-order chi connectivity index (χ0) is 17.8. The lowest BCUT2D eigenvalue weighted by Crippen LogP contribution is -2.46. The van der Waals surface area contributed by atoms with E-state index in [0.717, 1.165) is 55.2 Å². The third kappa shape index (κ3) is 4.68. The van der Waals surface area contributed by atoms with E-state index < -0.39 is 0 Å². The van der Waals surface area contributed by atoms with E-state index in [1.165, 1.54) is 12.1 Å². The van der Waals surface area contributed by atoms with Crippen LogP contribution in [0.2, 0.25) is 0 Å². The highest BCUT2D eigenvalue weighted by molar-refractivity contribution is 14.0. The molecule has 1 aliphatic heterocycles. The second kappa shape index (κ2) is 9.55. The molecule has 0 unspecified atom stereocenters. The van der Waals surface area contributed by atoms with Crippen LogP contribution in [0.15, 0.2) is 27.6 Å². The summed E-state index contributed by atoms with van der Waals surface area (Å²) in [5.74, 6) is 1.43. The summed E-state index contributed by atoms with van der Waals surface area (Å²) in [6, 6.07) is 4.61. The topological polar surface area (TPSA) is 50.0 Å². The van der Waals surface area contributed by atoms with Crippen molar-refractivity contribution in [3.63, 3.8) is 0 Å². The highest BCUT2D eigenvalue weighted by Gasteiger charge is 2.22. The monoisotopic (exact) mass is 475 g/mol. The molecule has 144 valence electrons. The first-order valence-electron chi connectivity index (χ1n) is 8.87. The zero-order valence-electron chi connectivity index (χ0n) is 15.5. The molecule has 1 aliphatic rings. The summed E-state index contributed by atoms with van der Waals surface area (Å²) in [6.45, 7) is 7.14. The molecule has 1 saturated heterocycles. The number of aliphatic imine (C=N–C) groups is 1. The molecule has 0 aliphatic carbocycles. The number of ether oxygens (including phenoxy) is 1. The minimum absolute atomic E-state index is 0. The van der Waals surface area contributed by atoms with Crippen molar-refractivity contribution in [2.24, 2.45) is 4.99 Å². The largest absolute Gasteiger partial charge is 0.459 e. The average molecular weight is 475 g/mol. The Kier molecular flexibility index (Phi) is 7.69. The maximum Gasteiger partial charge on any atom is 0.194 e. The molecule has 2 aromatic rings. The van der Waals surface area contributed by atoms with Gasteiger partial charge in [0.15, 0.2) is 5.96 Å². The third-order valence-corrected chi connectivity index (χ3v) is 4.76. The van der Waals surface area contributed by atoms with Crippen LogP contribution in [-0.4, -0.2) is 43.7 Å². The highest BCUT2D eigenvalue weighted by Crippen LogP contribution is 2.26. The van der Waals surface area contributed by atoms with Crippen molar-refractivity contribution in [3.05, 3.63) is 35.3 Å². The van der Waals surface area contributed by atoms with Crippen LogP contribution in [0, 0.1) is 12.7 Å². The van der Waals surface area contributed by atoms with Crippen LogP contribution in [-0.2, 0) is 11.3 Å². The van der Waals surface area contributed by atoms with Gasteiger partial charge in [-0.2, -0.15) is 0 Å². The maximum absolute atomic E-state index is 13.4. The Morgan fingerprint density at radius 2 is 2.12 bits per heavy atom. The Morgan fingerprint density at radius 1 is 1.38 bits per heavy atom. The number of piperidine rings is 1. The SMILES string of the molecule is CCOC1CCN(C(=NC)NCc2oc3ccc(F)cc3c2C)CC1.I. The standard InChI is InChI=1S/C19H26FN3O2.HI/c1-4-24-15-7-9-23(10-8-15)19(21-3)22-12-18-13(2)16-11-14(20)5-6-17(16)25-18;/h5-6,11,15H,4,7-10,12H2,1-3H3,(H,21,22);1H. The number of hydrogen-bond donors (Lipinski definition) is 1. The summed E-state index contributed by atoms with van der Waals surface area (Å²) in [6.07, 6.45) is 2.38. The maximum atomic E-state index is 13.4. The second-order valence-corrected chi connectivity index (χ2v) is 6.33. The van der Waals surface area contributed by atoms with Gasteiger partial charge < -0.3 is 19.4 Å². The predicted molar refractivity (Wildman–Crippen MR) is 113 cm³/mol. The van der Waals surface area contributed by atoms with Gasteiger partial charge in [0.2, 0.25) is 0 Å². The number of rotatable bonds is 4. The molecule has 2 heterocycles. The number of aryl methyl sites for hydroxylation is 1. The van der Waals surface area contributed by atoms with Gasteiger partial charge in [0, 0.05) is 37.7 Å². The van der Waals surface area contributed by atoms with Crippen molar-refractivity contribution >= 4 is 40.9 Å². The first-order chi connectivity index (χ1) is 12.1. The molecule has 0 bridgehead atoms. The van der Waals surface area contributed by atoms with Crippen LogP contribution in [0.25, 0.3) is 11.0 Å². The molecule has 0 saturated carbocycles. The van der Waals surface area contributed by atoms with Crippen molar-refractivity contribution in [2.75, 3.05) is 26.7 Å². The van der Waals surface area contributed by atoms with Crippen LogP contribution in [0.1, 0.15) is 31.1 Å². The van der Waals surface area contributed by atoms with Gasteiger partial charge in [0.05, 0.1) is 12.6 Å². The minimum atomic E-state index is -0.246. The number of fused-ring (bicyclic) bond motifs is 1. The minimum Gasteiger partial charge on any atom is -0.459 e. The van der Waals surface area contributed by atoms with Gasteiger partial charge in [-0.15, -0.1) is 24.0 Å². The Balaban J connectivity index is 0.00000243. The quantitative estimate of drug-likeness (QED) is 0.412.